The van der Waals surface area contributed by atoms with Crippen LogP contribution in [0.25, 0.3) is 0 Å². The SMILES string of the molecule is CCC1OCCC1C(=O)C1CCOCC1. The Morgan fingerprint density at radius 1 is 1.20 bits per heavy atom. The molecule has 2 atom stereocenters. The minimum absolute atomic E-state index is 0.165. The summed E-state index contributed by atoms with van der Waals surface area (Å²) < 4.78 is 10.9. The molecule has 2 unspecified atom stereocenters. The zero-order valence-corrected chi connectivity index (χ0v) is 9.41. The molecule has 2 aliphatic heterocycles. The number of carbonyl (C=O) groups is 1. The van der Waals surface area contributed by atoms with Crippen LogP contribution in [-0.4, -0.2) is 31.7 Å². The molecule has 0 radical (unpaired) electrons. The summed E-state index contributed by atoms with van der Waals surface area (Å²) in [6, 6.07) is 0. The van der Waals surface area contributed by atoms with E-state index in [1.54, 1.807) is 0 Å². The van der Waals surface area contributed by atoms with Crippen molar-refractivity contribution in [3.05, 3.63) is 0 Å². The fraction of sp³-hybridized carbons (Fsp3) is 0.917. The molecule has 0 aliphatic carbocycles. The molecule has 3 nitrogen and oxygen atoms in total. The van der Waals surface area contributed by atoms with E-state index in [4.69, 9.17) is 9.47 Å². The largest absolute Gasteiger partial charge is 0.381 e. The van der Waals surface area contributed by atoms with E-state index >= 15 is 0 Å². The predicted octanol–water partition coefficient (Wildman–Crippen LogP) is 1.80. The summed E-state index contributed by atoms with van der Waals surface area (Å²) in [5, 5.41) is 0. The van der Waals surface area contributed by atoms with Gasteiger partial charge in [-0.25, -0.2) is 0 Å². The van der Waals surface area contributed by atoms with Gasteiger partial charge in [-0.2, -0.15) is 0 Å². The maximum Gasteiger partial charge on any atom is 0.141 e. The average Bonchev–Trinajstić information content (AvgIpc) is 2.77. The van der Waals surface area contributed by atoms with Gasteiger partial charge in [-0.1, -0.05) is 6.92 Å². The minimum Gasteiger partial charge on any atom is -0.381 e. The predicted molar refractivity (Wildman–Crippen MR) is 56.7 cm³/mol. The Morgan fingerprint density at radius 2 is 1.93 bits per heavy atom. The third-order valence-corrected chi connectivity index (χ3v) is 3.60. The zero-order chi connectivity index (χ0) is 10.7. The van der Waals surface area contributed by atoms with Gasteiger partial charge >= 0.3 is 0 Å². The van der Waals surface area contributed by atoms with Gasteiger partial charge in [-0.05, 0) is 25.7 Å². The summed E-state index contributed by atoms with van der Waals surface area (Å²) in [7, 11) is 0. The van der Waals surface area contributed by atoms with Crippen molar-refractivity contribution in [2.24, 2.45) is 11.8 Å². The third-order valence-electron chi connectivity index (χ3n) is 3.60. The second-order valence-electron chi connectivity index (χ2n) is 4.50. The Kier molecular flexibility index (Phi) is 3.76. The lowest BCUT2D eigenvalue weighted by atomic mass is 9.83. The molecule has 2 rings (SSSR count). The first-order valence-corrected chi connectivity index (χ1v) is 6.06. The van der Waals surface area contributed by atoms with Crippen LogP contribution in [0.1, 0.15) is 32.6 Å². The van der Waals surface area contributed by atoms with Gasteiger partial charge in [0.05, 0.1) is 6.10 Å². The molecule has 0 aromatic rings. The fourth-order valence-corrected chi connectivity index (χ4v) is 2.66. The summed E-state index contributed by atoms with van der Waals surface area (Å²) in [6.45, 7) is 4.36. The highest BCUT2D eigenvalue weighted by molar-refractivity contribution is 5.84. The first-order valence-electron chi connectivity index (χ1n) is 6.06. The average molecular weight is 212 g/mol. The van der Waals surface area contributed by atoms with Crippen LogP contribution in [0.3, 0.4) is 0 Å². The summed E-state index contributed by atoms with van der Waals surface area (Å²) in [4.78, 5) is 12.2. The van der Waals surface area contributed by atoms with Crippen molar-refractivity contribution in [2.75, 3.05) is 19.8 Å². The quantitative estimate of drug-likeness (QED) is 0.715. The van der Waals surface area contributed by atoms with Gasteiger partial charge < -0.3 is 9.47 Å². The molecule has 2 heterocycles. The molecular formula is C12H20O3. The van der Waals surface area contributed by atoms with Gasteiger partial charge in [-0.15, -0.1) is 0 Å². The molecule has 0 aromatic carbocycles. The van der Waals surface area contributed by atoms with Crippen molar-refractivity contribution in [2.45, 2.75) is 38.7 Å². The monoisotopic (exact) mass is 212 g/mol. The molecule has 15 heavy (non-hydrogen) atoms. The van der Waals surface area contributed by atoms with Crippen LogP contribution >= 0.6 is 0 Å². The second kappa shape index (κ2) is 5.08. The Hall–Kier alpha value is -0.410. The van der Waals surface area contributed by atoms with Crippen LogP contribution in [0, 0.1) is 11.8 Å². The van der Waals surface area contributed by atoms with E-state index in [9.17, 15) is 4.79 Å². The summed E-state index contributed by atoms with van der Waals surface area (Å²) in [6.07, 6.45) is 3.88. The van der Waals surface area contributed by atoms with Gasteiger partial charge in [0.1, 0.15) is 5.78 Å². The van der Waals surface area contributed by atoms with Crippen molar-refractivity contribution in [3.8, 4) is 0 Å². The summed E-state index contributed by atoms with van der Waals surface area (Å²) in [5.41, 5.74) is 0. The Morgan fingerprint density at radius 3 is 2.60 bits per heavy atom. The van der Waals surface area contributed by atoms with Gasteiger partial charge in [0.15, 0.2) is 0 Å². The molecule has 0 amide bonds. The number of ether oxygens (including phenoxy) is 2. The van der Waals surface area contributed by atoms with Crippen molar-refractivity contribution in [1.82, 2.24) is 0 Å². The van der Waals surface area contributed by atoms with Crippen LogP contribution in [0.2, 0.25) is 0 Å². The summed E-state index contributed by atoms with van der Waals surface area (Å²) in [5.74, 6) is 0.834. The molecule has 0 aromatic heterocycles. The first-order chi connectivity index (χ1) is 7.33. The fourth-order valence-electron chi connectivity index (χ4n) is 2.66. The van der Waals surface area contributed by atoms with Crippen LogP contribution < -0.4 is 0 Å². The lowest BCUT2D eigenvalue weighted by Gasteiger charge is -2.25. The van der Waals surface area contributed by atoms with Gasteiger partial charge in [0.2, 0.25) is 0 Å². The lowest BCUT2D eigenvalue weighted by Crippen LogP contribution is -2.32. The smallest absolute Gasteiger partial charge is 0.141 e. The van der Waals surface area contributed by atoms with Gasteiger partial charge in [0.25, 0.3) is 0 Å². The molecule has 0 saturated carbocycles. The van der Waals surface area contributed by atoms with Gasteiger partial charge in [0, 0.05) is 31.7 Å². The topological polar surface area (TPSA) is 35.5 Å². The highest BCUT2D eigenvalue weighted by atomic mass is 16.5. The van der Waals surface area contributed by atoms with E-state index in [0.29, 0.717) is 5.78 Å². The van der Waals surface area contributed by atoms with Crippen molar-refractivity contribution >= 4 is 5.78 Å². The molecule has 0 spiro atoms. The molecule has 2 fully saturated rings. The molecular weight excluding hydrogens is 192 g/mol. The Labute approximate surface area is 91.1 Å². The maximum atomic E-state index is 12.2. The molecule has 0 N–H and O–H groups in total. The van der Waals surface area contributed by atoms with E-state index in [1.807, 2.05) is 0 Å². The second-order valence-corrected chi connectivity index (χ2v) is 4.50. The molecule has 3 heteroatoms. The van der Waals surface area contributed by atoms with E-state index in [1.165, 1.54) is 0 Å². The number of rotatable bonds is 3. The minimum atomic E-state index is 0.165. The lowest BCUT2D eigenvalue weighted by molar-refractivity contribution is -0.131. The van der Waals surface area contributed by atoms with Crippen LogP contribution in [0.4, 0.5) is 0 Å². The normalized spacial score (nSPS) is 33.1. The molecule has 2 saturated heterocycles. The third kappa shape index (κ3) is 2.40. The van der Waals surface area contributed by atoms with Crippen molar-refractivity contribution in [1.29, 1.82) is 0 Å². The summed E-state index contributed by atoms with van der Waals surface area (Å²) >= 11 is 0. The van der Waals surface area contributed by atoms with E-state index in [2.05, 4.69) is 6.92 Å². The van der Waals surface area contributed by atoms with Crippen LogP contribution in [0.15, 0.2) is 0 Å². The van der Waals surface area contributed by atoms with Gasteiger partial charge in [-0.3, -0.25) is 4.79 Å². The molecule has 2 aliphatic rings. The van der Waals surface area contributed by atoms with E-state index < -0.39 is 0 Å². The molecule has 86 valence electrons. The molecule has 0 bridgehead atoms. The number of ketones is 1. The first kappa shape index (κ1) is 11.1. The van der Waals surface area contributed by atoms with Crippen LogP contribution in [-0.2, 0) is 14.3 Å². The van der Waals surface area contributed by atoms with E-state index in [0.717, 1.165) is 45.5 Å². The number of hydrogen-bond acceptors (Lipinski definition) is 3. The highest BCUT2D eigenvalue weighted by Crippen LogP contribution is 2.29. The Bertz CT molecular complexity index is 221. The zero-order valence-electron chi connectivity index (χ0n) is 9.41. The van der Waals surface area contributed by atoms with Crippen LogP contribution in [0.5, 0.6) is 0 Å². The maximum absolute atomic E-state index is 12.2. The number of carbonyl (C=O) groups excluding carboxylic acids is 1. The Balaban J connectivity index is 1.93. The number of hydrogen-bond donors (Lipinski definition) is 0. The van der Waals surface area contributed by atoms with Crippen molar-refractivity contribution in [3.63, 3.8) is 0 Å². The highest BCUT2D eigenvalue weighted by Gasteiger charge is 2.36. The number of Topliss-reactive ketones (excluding diaryl/α,β-unsaturated/α-hetero) is 1. The van der Waals surface area contributed by atoms with E-state index in [-0.39, 0.29) is 17.9 Å². The van der Waals surface area contributed by atoms with Crippen molar-refractivity contribution < 1.29 is 14.3 Å². The standard InChI is InChI=1S/C12H20O3/c1-2-11-10(5-8-15-11)12(13)9-3-6-14-7-4-9/h9-11H,2-8H2,1H3.